The third-order valence-corrected chi connectivity index (χ3v) is 2.66. The Bertz CT molecular complexity index is 564. The Labute approximate surface area is 104 Å². The highest BCUT2D eigenvalue weighted by Crippen LogP contribution is 2.13. The largest absolute Gasteiger partial charge is 0.394 e. The Balaban J connectivity index is 2.05. The molecule has 1 aromatic carbocycles. The molecule has 0 aliphatic heterocycles. The molecule has 1 unspecified atom stereocenters. The first kappa shape index (κ1) is 12.5. The van der Waals surface area contributed by atoms with E-state index < -0.39 is 6.04 Å². The summed E-state index contributed by atoms with van der Waals surface area (Å²) >= 11 is 0. The molecule has 0 fully saturated rings. The lowest BCUT2D eigenvalue weighted by Gasteiger charge is -2.09. The van der Waals surface area contributed by atoms with Gasteiger partial charge in [0.1, 0.15) is 11.9 Å². The average molecular weight is 248 g/mol. The maximum absolute atomic E-state index is 11.4. The Morgan fingerprint density at radius 2 is 2.39 bits per heavy atom. The number of amides is 1. The summed E-state index contributed by atoms with van der Waals surface area (Å²) < 4.78 is 0. The Hall–Kier alpha value is -1.92. The van der Waals surface area contributed by atoms with Crippen LogP contribution in [0.2, 0.25) is 0 Å². The number of aliphatic hydroxyl groups excluding tert-OH is 1. The number of aromatic amines is 1. The van der Waals surface area contributed by atoms with Gasteiger partial charge in [-0.05, 0) is 24.6 Å². The number of H-pyrrole nitrogens is 1. The normalized spacial score (nSPS) is 12.6. The van der Waals surface area contributed by atoms with Crippen LogP contribution in [0.1, 0.15) is 11.4 Å². The summed E-state index contributed by atoms with van der Waals surface area (Å²) in [6.45, 7) is 1.91. The Morgan fingerprint density at radius 3 is 3.11 bits per heavy atom. The van der Waals surface area contributed by atoms with Gasteiger partial charge < -0.3 is 21.1 Å². The maximum atomic E-state index is 11.4. The number of nitrogens with one attached hydrogen (secondary N) is 2. The van der Waals surface area contributed by atoms with E-state index in [1.54, 1.807) is 0 Å². The van der Waals surface area contributed by atoms with Crippen molar-refractivity contribution in [3.05, 3.63) is 29.6 Å². The summed E-state index contributed by atoms with van der Waals surface area (Å²) in [5.74, 6) is 0.492. The average Bonchev–Trinajstić information content (AvgIpc) is 2.74. The molecule has 0 aliphatic rings. The van der Waals surface area contributed by atoms with Gasteiger partial charge in [0.25, 0.3) is 0 Å². The molecule has 0 radical (unpaired) electrons. The molecule has 1 aromatic heterocycles. The number of nitrogens with zero attached hydrogens (tertiary/aromatic N) is 1. The van der Waals surface area contributed by atoms with Crippen LogP contribution in [0.25, 0.3) is 11.0 Å². The zero-order valence-electron chi connectivity index (χ0n) is 10.1. The number of imidazole rings is 1. The van der Waals surface area contributed by atoms with Gasteiger partial charge in [0.15, 0.2) is 0 Å². The first-order chi connectivity index (χ1) is 8.60. The summed E-state index contributed by atoms with van der Waals surface area (Å²) in [6.07, 6.45) is 0. The first-order valence-corrected chi connectivity index (χ1v) is 5.69. The molecule has 0 bridgehead atoms. The molecule has 2 rings (SSSR count). The van der Waals surface area contributed by atoms with Crippen LogP contribution in [-0.2, 0) is 11.3 Å². The van der Waals surface area contributed by atoms with Crippen molar-refractivity contribution in [2.45, 2.75) is 19.5 Å². The minimum atomic E-state index is -0.872. The second-order valence-electron chi connectivity index (χ2n) is 4.18. The third-order valence-electron chi connectivity index (χ3n) is 2.66. The SMILES string of the molecule is Cc1nc2ccc(CNC(=O)C(N)CO)cc2[nH]1. The summed E-state index contributed by atoms with van der Waals surface area (Å²) in [4.78, 5) is 18.8. The molecule has 5 N–H and O–H groups in total. The molecule has 18 heavy (non-hydrogen) atoms. The fourth-order valence-electron chi connectivity index (χ4n) is 1.70. The predicted molar refractivity (Wildman–Crippen MR) is 67.7 cm³/mol. The van der Waals surface area contributed by atoms with Gasteiger partial charge in [0.2, 0.25) is 5.91 Å². The van der Waals surface area contributed by atoms with E-state index in [2.05, 4.69) is 15.3 Å². The van der Waals surface area contributed by atoms with E-state index in [4.69, 9.17) is 10.8 Å². The van der Waals surface area contributed by atoms with Crippen molar-refractivity contribution in [3.63, 3.8) is 0 Å². The number of aliphatic hydroxyl groups is 1. The lowest BCUT2D eigenvalue weighted by molar-refractivity contribution is -0.123. The number of nitrogens with two attached hydrogens (primary N) is 1. The molecule has 0 spiro atoms. The number of aryl methyl sites for hydroxylation is 1. The summed E-state index contributed by atoms with van der Waals surface area (Å²) in [5, 5.41) is 11.4. The van der Waals surface area contributed by atoms with E-state index in [1.165, 1.54) is 0 Å². The van der Waals surface area contributed by atoms with Gasteiger partial charge in [0.05, 0.1) is 17.6 Å². The lowest BCUT2D eigenvalue weighted by atomic mass is 10.2. The van der Waals surface area contributed by atoms with Crippen LogP contribution in [-0.4, -0.2) is 33.6 Å². The standard InChI is InChI=1S/C12H16N4O2/c1-7-15-10-3-2-8(4-11(10)16-7)5-14-12(18)9(13)6-17/h2-4,9,17H,5-6,13H2,1H3,(H,14,18)(H,15,16). The van der Waals surface area contributed by atoms with Crippen LogP contribution in [0.15, 0.2) is 18.2 Å². The van der Waals surface area contributed by atoms with E-state index in [9.17, 15) is 4.79 Å². The van der Waals surface area contributed by atoms with Crippen molar-refractivity contribution in [1.29, 1.82) is 0 Å². The molecule has 2 aromatic rings. The molecule has 6 heteroatoms. The quantitative estimate of drug-likeness (QED) is 0.602. The topological polar surface area (TPSA) is 104 Å². The van der Waals surface area contributed by atoms with Crippen LogP contribution in [0.3, 0.4) is 0 Å². The van der Waals surface area contributed by atoms with Crippen LogP contribution >= 0.6 is 0 Å². The van der Waals surface area contributed by atoms with E-state index in [0.29, 0.717) is 6.54 Å². The predicted octanol–water partition coefficient (Wildman–Crippen LogP) is -0.193. The number of benzene rings is 1. The van der Waals surface area contributed by atoms with Gasteiger partial charge in [-0.2, -0.15) is 0 Å². The minimum Gasteiger partial charge on any atom is -0.394 e. The Kier molecular flexibility index (Phi) is 3.59. The van der Waals surface area contributed by atoms with Crippen molar-refractivity contribution in [3.8, 4) is 0 Å². The zero-order valence-corrected chi connectivity index (χ0v) is 10.1. The van der Waals surface area contributed by atoms with Crippen LogP contribution in [0, 0.1) is 6.92 Å². The maximum Gasteiger partial charge on any atom is 0.239 e. The van der Waals surface area contributed by atoms with Crippen LogP contribution in [0.4, 0.5) is 0 Å². The highest BCUT2D eigenvalue weighted by molar-refractivity contribution is 5.81. The number of aromatic nitrogens is 2. The van der Waals surface area contributed by atoms with Crippen molar-refractivity contribution < 1.29 is 9.90 Å². The number of carbonyl (C=O) groups is 1. The van der Waals surface area contributed by atoms with Crippen LogP contribution < -0.4 is 11.1 Å². The summed E-state index contributed by atoms with van der Waals surface area (Å²) in [6, 6.07) is 4.85. The number of rotatable bonds is 4. The lowest BCUT2D eigenvalue weighted by Crippen LogP contribution is -2.42. The fourth-order valence-corrected chi connectivity index (χ4v) is 1.70. The van der Waals surface area contributed by atoms with Crippen molar-refractivity contribution in [2.75, 3.05) is 6.61 Å². The smallest absolute Gasteiger partial charge is 0.239 e. The van der Waals surface area contributed by atoms with Gasteiger partial charge in [-0.25, -0.2) is 4.98 Å². The number of hydrogen-bond acceptors (Lipinski definition) is 4. The summed E-state index contributed by atoms with van der Waals surface area (Å²) in [5.41, 5.74) is 8.18. The van der Waals surface area contributed by atoms with Gasteiger partial charge in [-0.1, -0.05) is 6.07 Å². The van der Waals surface area contributed by atoms with Gasteiger partial charge >= 0.3 is 0 Å². The van der Waals surface area contributed by atoms with E-state index in [-0.39, 0.29) is 12.5 Å². The number of carbonyl (C=O) groups excluding carboxylic acids is 1. The minimum absolute atomic E-state index is 0.357. The molecule has 1 atom stereocenters. The number of hydrogen-bond donors (Lipinski definition) is 4. The van der Waals surface area contributed by atoms with E-state index >= 15 is 0 Å². The van der Waals surface area contributed by atoms with Crippen molar-refractivity contribution in [1.82, 2.24) is 15.3 Å². The summed E-state index contributed by atoms with van der Waals surface area (Å²) in [7, 11) is 0. The molecule has 1 heterocycles. The highest BCUT2D eigenvalue weighted by Gasteiger charge is 2.11. The van der Waals surface area contributed by atoms with E-state index in [1.807, 2.05) is 25.1 Å². The second kappa shape index (κ2) is 5.16. The van der Waals surface area contributed by atoms with Crippen molar-refractivity contribution >= 4 is 16.9 Å². The monoisotopic (exact) mass is 248 g/mol. The molecular formula is C12H16N4O2. The van der Waals surface area contributed by atoms with Crippen molar-refractivity contribution in [2.24, 2.45) is 5.73 Å². The zero-order chi connectivity index (χ0) is 13.1. The molecule has 96 valence electrons. The van der Waals surface area contributed by atoms with Gasteiger partial charge in [0, 0.05) is 6.54 Å². The Morgan fingerprint density at radius 1 is 1.61 bits per heavy atom. The first-order valence-electron chi connectivity index (χ1n) is 5.69. The molecule has 6 nitrogen and oxygen atoms in total. The fraction of sp³-hybridized carbons (Fsp3) is 0.333. The molecule has 0 saturated heterocycles. The van der Waals surface area contributed by atoms with Gasteiger partial charge in [-0.3, -0.25) is 4.79 Å². The molecule has 0 aliphatic carbocycles. The molecule has 1 amide bonds. The van der Waals surface area contributed by atoms with E-state index in [0.717, 1.165) is 22.4 Å². The molecule has 0 saturated carbocycles. The third kappa shape index (κ3) is 2.66. The molecular weight excluding hydrogens is 232 g/mol. The second-order valence-corrected chi connectivity index (χ2v) is 4.18. The number of fused-ring (bicyclic) bond motifs is 1. The van der Waals surface area contributed by atoms with Crippen LogP contribution in [0.5, 0.6) is 0 Å². The highest BCUT2D eigenvalue weighted by atomic mass is 16.3. The van der Waals surface area contributed by atoms with Gasteiger partial charge in [-0.15, -0.1) is 0 Å².